The van der Waals surface area contributed by atoms with Crippen molar-refractivity contribution in [2.24, 2.45) is 11.8 Å². The second kappa shape index (κ2) is 7.14. The normalized spacial score (nSPS) is 15.4. The summed E-state index contributed by atoms with van der Waals surface area (Å²) in [4.78, 5) is 0. The molecule has 0 aliphatic carbocycles. The van der Waals surface area contributed by atoms with E-state index in [4.69, 9.17) is 0 Å². The third-order valence-corrected chi connectivity index (χ3v) is 2.80. The van der Waals surface area contributed by atoms with E-state index in [0.29, 0.717) is 0 Å². The van der Waals surface area contributed by atoms with Crippen molar-refractivity contribution in [2.75, 3.05) is 13.1 Å². The standard InChI is InChI=1S/C12H25N/c1-6-10(3)8-11(4)12(5)9-13-7-2/h11-13H,3,6-9H2,1-2,4-5H3. The van der Waals surface area contributed by atoms with Crippen LogP contribution in [-0.2, 0) is 0 Å². The van der Waals surface area contributed by atoms with Crippen LogP contribution in [0.3, 0.4) is 0 Å². The topological polar surface area (TPSA) is 12.0 Å². The summed E-state index contributed by atoms with van der Waals surface area (Å²) in [6.07, 6.45) is 2.31. The molecule has 0 heterocycles. The van der Waals surface area contributed by atoms with Gasteiger partial charge >= 0.3 is 0 Å². The Kier molecular flexibility index (Phi) is 6.97. The van der Waals surface area contributed by atoms with E-state index in [2.05, 4.69) is 39.6 Å². The van der Waals surface area contributed by atoms with Crippen molar-refractivity contribution in [3.05, 3.63) is 12.2 Å². The van der Waals surface area contributed by atoms with Crippen LogP contribution in [0.25, 0.3) is 0 Å². The molecule has 0 fully saturated rings. The highest BCUT2D eigenvalue weighted by atomic mass is 14.8. The highest BCUT2D eigenvalue weighted by molar-refractivity contribution is 4.94. The predicted molar refractivity (Wildman–Crippen MR) is 60.9 cm³/mol. The smallest absolute Gasteiger partial charge is 0.00206 e. The maximum absolute atomic E-state index is 4.06. The Balaban J connectivity index is 3.68. The molecule has 2 unspecified atom stereocenters. The fraction of sp³-hybridized carbons (Fsp3) is 0.833. The minimum absolute atomic E-state index is 0.753. The number of rotatable bonds is 7. The van der Waals surface area contributed by atoms with Gasteiger partial charge in [0.05, 0.1) is 0 Å². The zero-order valence-electron chi connectivity index (χ0n) is 9.69. The lowest BCUT2D eigenvalue weighted by Crippen LogP contribution is -2.25. The van der Waals surface area contributed by atoms with Crippen molar-refractivity contribution >= 4 is 0 Å². The number of allylic oxidation sites excluding steroid dienone is 1. The molecule has 0 aromatic rings. The first-order valence-electron chi connectivity index (χ1n) is 5.49. The predicted octanol–water partition coefficient (Wildman–Crippen LogP) is 3.22. The van der Waals surface area contributed by atoms with Gasteiger partial charge < -0.3 is 5.32 Å². The van der Waals surface area contributed by atoms with Crippen LogP contribution in [0.4, 0.5) is 0 Å². The average Bonchev–Trinajstić information content (AvgIpc) is 2.13. The van der Waals surface area contributed by atoms with Gasteiger partial charge in [-0.3, -0.25) is 0 Å². The van der Waals surface area contributed by atoms with Crippen LogP contribution in [0, 0.1) is 11.8 Å². The third-order valence-electron chi connectivity index (χ3n) is 2.80. The first-order valence-corrected chi connectivity index (χ1v) is 5.49. The van der Waals surface area contributed by atoms with Crippen LogP contribution in [0.15, 0.2) is 12.2 Å². The lowest BCUT2D eigenvalue weighted by Gasteiger charge is -2.20. The van der Waals surface area contributed by atoms with E-state index in [-0.39, 0.29) is 0 Å². The van der Waals surface area contributed by atoms with Crippen molar-refractivity contribution in [1.29, 1.82) is 0 Å². The van der Waals surface area contributed by atoms with Crippen molar-refractivity contribution in [1.82, 2.24) is 5.32 Å². The van der Waals surface area contributed by atoms with Gasteiger partial charge in [0, 0.05) is 0 Å². The van der Waals surface area contributed by atoms with Crippen molar-refractivity contribution in [3.8, 4) is 0 Å². The molecule has 0 aromatic heterocycles. The summed E-state index contributed by atoms with van der Waals surface area (Å²) in [5.41, 5.74) is 1.39. The molecule has 0 spiro atoms. The van der Waals surface area contributed by atoms with E-state index >= 15 is 0 Å². The van der Waals surface area contributed by atoms with E-state index in [0.717, 1.165) is 31.3 Å². The van der Waals surface area contributed by atoms with Crippen LogP contribution in [0.5, 0.6) is 0 Å². The average molecular weight is 183 g/mol. The molecule has 78 valence electrons. The SMILES string of the molecule is C=C(CC)CC(C)C(C)CNCC. The maximum atomic E-state index is 4.06. The molecule has 1 heteroatoms. The van der Waals surface area contributed by atoms with E-state index in [1.165, 1.54) is 12.0 Å². The lowest BCUT2D eigenvalue weighted by atomic mass is 9.89. The molecule has 13 heavy (non-hydrogen) atoms. The monoisotopic (exact) mass is 183 g/mol. The van der Waals surface area contributed by atoms with Gasteiger partial charge in [-0.2, -0.15) is 0 Å². The number of nitrogens with one attached hydrogen (secondary N) is 1. The van der Waals surface area contributed by atoms with Crippen LogP contribution in [0.1, 0.15) is 40.5 Å². The Morgan fingerprint density at radius 1 is 1.23 bits per heavy atom. The summed E-state index contributed by atoms with van der Waals surface area (Å²) in [5.74, 6) is 1.51. The van der Waals surface area contributed by atoms with Crippen LogP contribution < -0.4 is 5.32 Å². The van der Waals surface area contributed by atoms with E-state index in [1.807, 2.05) is 0 Å². The molecule has 0 aliphatic heterocycles. The van der Waals surface area contributed by atoms with Gasteiger partial charge in [-0.15, -0.1) is 0 Å². The summed E-state index contributed by atoms with van der Waals surface area (Å²) in [5, 5.41) is 3.39. The molecule has 0 amide bonds. The largest absolute Gasteiger partial charge is 0.317 e. The molecule has 0 bridgehead atoms. The first kappa shape index (κ1) is 12.7. The zero-order chi connectivity index (χ0) is 10.3. The fourth-order valence-electron chi connectivity index (χ4n) is 1.37. The Hall–Kier alpha value is -0.300. The zero-order valence-corrected chi connectivity index (χ0v) is 9.69. The second-order valence-electron chi connectivity index (χ2n) is 4.07. The Morgan fingerprint density at radius 3 is 2.31 bits per heavy atom. The quantitative estimate of drug-likeness (QED) is 0.598. The van der Waals surface area contributed by atoms with Gasteiger partial charge in [-0.05, 0) is 37.8 Å². The highest BCUT2D eigenvalue weighted by Gasteiger charge is 2.11. The van der Waals surface area contributed by atoms with E-state index in [9.17, 15) is 0 Å². The summed E-state index contributed by atoms with van der Waals surface area (Å²) in [7, 11) is 0. The molecular formula is C12H25N. The Bertz CT molecular complexity index is 140. The summed E-state index contributed by atoms with van der Waals surface area (Å²) >= 11 is 0. The molecular weight excluding hydrogens is 158 g/mol. The Morgan fingerprint density at radius 2 is 1.85 bits per heavy atom. The Labute approximate surface area is 83.6 Å². The molecule has 0 saturated carbocycles. The molecule has 0 aliphatic rings. The highest BCUT2D eigenvalue weighted by Crippen LogP contribution is 2.19. The van der Waals surface area contributed by atoms with Crippen LogP contribution in [-0.4, -0.2) is 13.1 Å². The maximum Gasteiger partial charge on any atom is -0.00206 e. The number of hydrogen-bond acceptors (Lipinski definition) is 1. The second-order valence-corrected chi connectivity index (χ2v) is 4.07. The van der Waals surface area contributed by atoms with Gasteiger partial charge in [0.25, 0.3) is 0 Å². The summed E-state index contributed by atoms with van der Waals surface area (Å²) in [6, 6.07) is 0. The van der Waals surface area contributed by atoms with Gasteiger partial charge in [-0.1, -0.05) is 39.8 Å². The van der Waals surface area contributed by atoms with Crippen molar-refractivity contribution in [3.63, 3.8) is 0 Å². The van der Waals surface area contributed by atoms with Gasteiger partial charge in [0.1, 0.15) is 0 Å². The lowest BCUT2D eigenvalue weighted by molar-refractivity contribution is 0.366. The summed E-state index contributed by atoms with van der Waals surface area (Å²) in [6.45, 7) is 15.2. The molecule has 0 rings (SSSR count). The fourth-order valence-corrected chi connectivity index (χ4v) is 1.37. The minimum atomic E-state index is 0.753. The molecule has 0 radical (unpaired) electrons. The van der Waals surface area contributed by atoms with Crippen molar-refractivity contribution < 1.29 is 0 Å². The minimum Gasteiger partial charge on any atom is -0.317 e. The summed E-state index contributed by atoms with van der Waals surface area (Å²) < 4.78 is 0. The van der Waals surface area contributed by atoms with Gasteiger partial charge in [0.15, 0.2) is 0 Å². The van der Waals surface area contributed by atoms with Crippen LogP contribution >= 0.6 is 0 Å². The number of hydrogen-bond donors (Lipinski definition) is 1. The van der Waals surface area contributed by atoms with Gasteiger partial charge in [-0.25, -0.2) is 0 Å². The third kappa shape index (κ3) is 5.87. The molecule has 0 aromatic carbocycles. The molecule has 1 nitrogen and oxygen atoms in total. The first-order chi connectivity index (χ1) is 6.11. The molecule has 2 atom stereocenters. The van der Waals surface area contributed by atoms with Crippen LogP contribution in [0.2, 0.25) is 0 Å². The molecule has 0 saturated heterocycles. The molecule has 1 N–H and O–H groups in total. The van der Waals surface area contributed by atoms with Crippen molar-refractivity contribution in [2.45, 2.75) is 40.5 Å². The van der Waals surface area contributed by atoms with E-state index < -0.39 is 0 Å². The van der Waals surface area contributed by atoms with Gasteiger partial charge in [0.2, 0.25) is 0 Å². The van der Waals surface area contributed by atoms with E-state index in [1.54, 1.807) is 0 Å².